The molecule has 2 fully saturated rings. The SMILES string of the molecule is N=C(N)c1ccc(CC(C(=O)N[C@H](C(=O)NCC2CCN(C(=N)N)CC2)C2CCCCC2)c2ccccc2)cc1. The molecule has 2 aliphatic rings. The van der Waals surface area contributed by atoms with E-state index < -0.39 is 12.0 Å². The van der Waals surface area contributed by atoms with Crippen LogP contribution in [0.4, 0.5) is 0 Å². The Kier molecular flexibility index (Phi) is 10.2. The second-order valence-corrected chi connectivity index (χ2v) is 11.2. The fourth-order valence-corrected chi connectivity index (χ4v) is 5.96. The molecule has 2 aromatic rings. The number of nitrogens with one attached hydrogen (secondary N) is 4. The summed E-state index contributed by atoms with van der Waals surface area (Å²) in [7, 11) is 0. The van der Waals surface area contributed by atoms with Crippen LogP contribution in [0.15, 0.2) is 54.6 Å². The van der Waals surface area contributed by atoms with Crippen LogP contribution < -0.4 is 22.1 Å². The second kappa shape index (κ2) is 14.0. The summed E-state index contributed by atoms with van der Waals surface area (Å²) in [6.07, 6.45) is 7.38. The van der Waals surface area contributed by atoms with Gasteiger partial charge in [-0.25, -0.2) is 0 Å². The van der Waals surface area contributed by atoms with Crippen LogP contribution in [-0.4, -0.2) is 54.2 Å². The standard InChI is InChI=1S/C31H43N7O2/c32-28(33)25-13-11-21(12-14-25)19-26(23-7-3-1-4-8-23)29(39)37-27(24-9-5-2-6-10-24)30(40)36-20-22-15-17-38(18-16-22)31(34)35/h1,3-4,7-8,11-14,22,24,26-27H,2,5-6,9-10,15-20H2,(H3,32,33)(H3,34,35)(H,36,40)(H,37,39)/t26?,27-/m0/s1. The Morgan fingerprint density at radius 2 is 1.52 bits per heavy atom. The monoisotopic (exact) mass is 545 g/mol. The van der Waals surface area contributed by atoms with Gasteiger partial charge in [-0.15, -0.1) is 0 Å². The number of rotatable bonds is 10. The van der Waals surface area contributed by atoms with E-state index >= 15 is 0 Å². The van der Waals surface area contributed by atoms with Crippen molar-refractivity contribution < 1.29 is 9.59 Å². The number of hydrogen-bond acceptors (Lipinski definition) is 4. The van der Waals surface area contributed by atoms with Crippen molar-refractivity contribution in [3.05, 3.63) is 71.3 Å². The van der Waals surface area contributed by atoms with E-state index in [1.165, 1.54) is 0 Å². The number of likely N-dealkylation sites (tertiary alicyclic amines) is 1. The third-order valence-electron chi connectivity index (χ3n) is 8.44. The van der Waals surface area contributed by atoms with Crippen LogP contribution in [0, 0.1) is 22.7 Å². The first kappa shape index (κ1) is 29.1. The highest BCUT2D eigenvalue weighted by Crippen LogP contribution is 2.28. The second-order valence-electron chi connectivity index (χ2n) is 11.2. The molecule has 1 aliphatic carbocycles. The van der Waals surface area contributed by atoms with Crippen molar-refractivity contribution in [2.75, 3.05) is 19.6 Å². The highest BCUT2D eigenvalue weighted by Gasteiger charge is 2.34. The molecular formula is C31H43N7O2. The van der Waals surface area contributed by atoms with Gasteiger partial charge in [0.15, 0.2) is 5.96 Å². The molecule has 9 nitrogen and oxygen atoms in total. The summed E-state index contributed by atoms with van der Waals surface area (Å²) in [6, 6.07) is 16.5. The predicted octanol–water partition coefficient (Wildman–Crippen LogP) is 3.08. The largest absolute Gasteiger partial charge is 0.384 e. The van der Waals surface area contributed by atoms with Crippen molar-refractivity contribution in [3.8, 4) is 0 Å². The van der Waals surface area contributed by atoms with Crippen molar-refractivity contribution in [1.29, 1.82) is 10.8 Å². The number of piperidine rings is 1. The molecule has 4 rings (SSSR count). The molecule has 214 valence electrons. The highest BCUT2D eigenvalue weighted by atomic mass is 16.2. The van der Waals surface area contributed by atoms with Gasteiger partial charge in [0.25, 0.3) is 0 Å². The summed E-state index contributed by atoms with van der Waals surface area (Å²) in [6.45, 7) is 2.02. The number of carbonyl (C=O) groups is 2. The number of amides is 2. The number of nitrogens with two attached hydrogens (primary N) is 2. The third-order valence-corrected chi connectivity index (χ3v) is 8.44. The highest BCUT2D eigenvalue weighted by molar-refractivity contribution is 5.95. The number of guanidine groups is 1. The molecule has 1 saturated heterocycles. The zero-order valence-electron chi connectivity index (χ0n) is 23.2. The average molecular weight is 546 g/mol. The topological polar surface area (TPSA) is 161 Å². The van der Waals surface area contributed by atoms with Crippen LogP contribution in [0.2, 0.25) is 0 Å². The minimum Gasteiger partial charge on any atom is -0.384 e. The molecule has 2 amide bonds. The Bertz CT molecular complexity index is 1150. The molecule has 0 bridgehead atoms. The van der Waals surface area contributed by atoms with E-state index in [-0.39, 0.29) is 29.5 Å². The molecule has 2 atom stereocenters. The number of benzene rings is 2. The maximum absolute atomic E-state index is 13.9. The molecule has 8 N–H and O–H groups in total. The van der Waals surface area contributed by atoms with Crippen molar-refractivity contribution in [3.63, 3.8) is 0 Å². The Morgan fingerprint density at radius 3 is 2.12 bits per heavy atom. The predicted molar refractivity (Wildman–Crippen MR) is 158 cm³/mol. The Morgan fingerprint density at radius 1 is 0.875 bits per heavy atom. The molecule has 1 unspecified atom stereocenters. The lowest BCUT2D eigenvalue weighted by atomic mass is 9.82. The molecular weight excluding hydrogens is 502 g/mol. The van der Waals surface area contributed by atoms with E-state index in [0.29, 0.717) is 24.4 Å². The lowest BCUT2D eigenvalue weighted by Gasteiger charge is -2.34. The summed E-state index contributed by atoms with van der Waals surface area (Å²) in [5, 5.41) is 21.6. The van der Waals surface area contributed by atoms with Gasteiger partial charge in [-0.05, 0) is 55.1 Å². The van der Waals surface area contributed by atoms with Crippen molar-refractivity contribution >= 4 is 23.6 Å². The fourth-order valence-electron chi connectivity index (χ4n) is 5.96. The van der Waals surface area contributed by atoms with Gasteiger partial charge in [0.1, 0.15) is 11.9 Å². The van der Waals surface area contributed by atoms with Crippen LogP contribution in [0.5, 0.6) is 0 Å². The molecule has 1 saturated carbocycles. The molecule has 9 heteroatoms. The maximum Gasteiger partial charge on any atom is 0.242 e. The van der Waals surface area contributed by atoms with Gasteiger partial charge in [-0.3, -0.25) is 20.4 Å². The number of nitrogen functional groups attached to an aromatic ring is 1. The van der Waals surface area contributed by atoms with Crippen LogP contribution in [0.25, 0.3) is 0 Å². The van der Waals surface area contributed by atoms with E-state index in [2.05, 4.69) is 10.6 Å². The van der Waals surface area contributed by atoms with Gasteiger partial charge in [-0.2, -0.15) is 0 Å². The van der Waals surface area contributed by atoms with Gasteiger partial charge in [-0.1, -0.05) is 73.9 Å². The third kappa shape index (κ3) is 7.83. The Balaban J connectivity index is 1.47. The molecule has 0 aromatic heterocycles. The van der Waals surface area contributed by atoms with Crippen molar-refractivity contribution in [2.24, 2.45) is 23.3 Å². The van der Waals surface area contributed by atoms with Crippen LogP contribution in [0.3, 0.4) is 0 Å². The zero-order valence-corrected chi connectivity index (χ0v) is 23.2. The van der Waals surface area contributed by atoms with Crippen LogP contribution in [-0.2, 0) is 16.0 Å². The van der Waals surface area contributed by atoms with E-state index in [1.807, 2.05) is 47.4 Å². The Hall–Kier alpha value is -3.88. The average Bonchev–Trinajstić information content (AvgIpc) is 2.98. The lowest BCUT2D eigenvalue weighted by molar-refractivity contribution is -0.131. The van der Waals surface area contributed by atoms with Gasteiger partial charge in [0, 0.05) is 25.2 Å². The fraction of sp³-hybridized carbons (Fsp3) is 0.484. The van der Waals surface area contributed by atoms with E-state index in [4.69, 9.17) is 22.3 Å². The van der Waals surface area contributed by atoms with Gasteiger partial charge >= 0.3 is 0 Å². The van der Waals surface area contributed by atoms with Gasteiger partial charge in [0.05, 0.1) is 5.92 Å². The molecule has 40 heavy (non-hydrogen) atoms. The molecule has 1 aliphatic heterocycles. The van der Waals surface area contributed by atoms with Crippen LogP contribution >= 0.6 is 0 Å². The van der Waals surface area contributed by atoms with Crippen LogP contribution in [0.1, 0.15) is 67.6 Å². The van der Waals surface area contributed by atoms with E-state index in [9.17, 15) is 9.59 Å². The first-order valence-electron chi connectivity index (χ1n) is 14.5. The summed E-state index contributed by atoms with van der Waals surface area (Å²) >= 11 is 0. The summed E-state index contributed by atoms with van der Waals surface area (Å²) in [5.74, 6) is -0.158. The Labute approximate surface area is 237 Å². The van der Waals surface area contributed by atoms with Gasteiger partial charge < -0.3 is 27.0 Å². The normalized spacial score (nSPS) is 17.9. The smallest absolute Gasteiger partial charge is 0.242 e. The van der Waals surface area contributed by atoms with E-state index in [1.54, 1.807) is 12.1 Å². The van der Waals surface area contributed by atoms with E-state index in [0.717, 1.165) is 69.2 Å². The zero-order chi connectivity index (χ0) is 28.5. The molecule has 2 aromatic carbocycles. The summed E-state index contributed by atoms with van der Waals surface area (Å²) in [5.41, 5.74) is 13.7. The quantitative estimate of drug-likeness (QED) is 0.199. The van der Waals surface area contributed by atoms with Gasteiger partial charge in [0.2, 0.25) is 11.8 Å². The number of amidine groups is 1. The first-order chi connectivity index (χ1) is 19.3. The molecule has 0 radical (unpaired) electrons. The summed E-state index contributed by atoms with van der Waals surface area (Å²) in [4.78, 5) is 29.4. The number of hydrogen-bond donors (Lipinski definition) is 6. The molecule has 1 heterocycles. The summed E-state index contributed by atoms with van der Waals surface area (Å²) < 4.78 is 0. The number of nitrogens with zero attached hydrogens (tertiary/aromatic N) is 1. The van der Waals surface area contributed by atoms with Crippen molar-refractivity contribution in [1.82, 2.24) is 15.5 Å². The first-order valence-corrected chi connectivity index (χ1v) is 14.5. The maximum atomic E-state index is 13.9. The lowest BCUT2D eigenvalue weighted by Crippen LogP contribution is -2.53. The van der Waals surface area contributed by atoms with Crippen molar-refractivity contribution in [2.45, 2.75) is 63.3 Å². The minimum atomic E-state index is -0.573. The number of carbonyl (C=O) groups excluding carboxylic acids is 2. The molecule has 0 spiro atoms. The minimum absolute atomic E-state index is 0.00893.